The number of nitrogens with two attached hydrogens (primary N) is 1. The van der Waals surface area contributed by atoms with E-state index in [1.165, 1.54) is 38.9 Å². The van der Waals surface area contributed by atoms with Crippen molar-refractivity contribution in [1.29, 1.82) is 0 Å². The lowest BCUT2D eigenvalue weighted by Crippen LogP contribution is -2.23. The van der Waals surface area contributed by atoms with Crippen molar-refractivity contribution in [2.75, 3.05) is 0 Å². The second kappa shape index (κ2) is 13.8. The Morgan fingerprint density at radius 3 is 1.44 bits per heavy atom. The molecule has 36 heavy (non-hydrogen) atoms. The molecule has 3 aromatic rings. The second-order valence-corrected chi connectivity index (χ2v) is 11.2. The van der Waals surface area contributed by atoms with Crippen LogP contribution in [-0.2, 0) is 26.5 Å². The average molecular weight is 534 g/mol. The van der Waals surface area contributed by atoms with E-state index >= 15 is 0 Å². The fourth-order valence-corrected chi connectivity index (χ4v) is 4.13. The van der Waals surface area contributed by atoms with Gasteiger partial charge in [0.2, 0.25) is 0 Å². The summed E-state index contributed by atoms with van der Waals surface area (Å²) in [6.45, 7) is 14.2. The summed E-state index contributed by atoms with van der Waals surface area (Å²) in [6, 6.07) is 24.0. The Morgan fingerprint density at radius 2 is 1.06 bits per heavy atom. The quantitative estimate of drug-likeness (QED) is 0.248. The van der Waals surface area contributed by atoms with Crippen LogP contribution >= 0.6 is 16.5 Å². The molecule has 0 bridgehead atoms. The third-order valence-corrected chi connectivity index (χ3v) is 5.38. The lowest BCUT2D eigenvalue weighted by molar-refractivity contribution is 0.403. The second-order valence-electron chi connectivity index (χ2n) is 10.2. The largest absolute Gasteiger partial charge is 0.692 e. The van der Waals surface area contributed by atoms with E-state index in [0.717, 1.165) is 0 Å². The van der Waals surface area contributed by atoms with Crippen LogP contribution in [0.4, 0.5) is 0 Å². The van der Waals surface area contributed by atoms with Crippen LogP contribution in [0.1, 0.15) is 58.2 Å². The normalized spacial score (nSPS) is 11.0. The van der Waals surface area contributed by atoms with E-state index in [4.69, 9.17) is 34.4 Å². The van der Waals surface area contributed by atoms with Crippen LogP contribution < -0.4 is 5.73 Å². The molecule has 3 rings (SSSR count). The van der Waals surface area contributed by atoms with E-state index in [2.05, 4.69) is 108 Å². The number of hydrogen-bond donors (Lipinski definition) is 5. The lowest BCUT2D eigenvalue weighted by Gasteiger charge is -2.32. The first-order valence-electron chi connectivity index (χ1n) is 11.3. The minimum Gasteiger partial charge on any atom is -0.326 e. The fourth-order valence-electron chi connectivity index (χ4n) is 4.13. The van der Waals surface area contributed by atoms with Crippen molar-refractivity contribution in [3.05, 3.63) is 83.4 Å². The molecule has 0 atom stereocenters. The molecule has 0 aliphatic rings. The smallest absolute Gasteiger partial charge is 0.326 e. The van der Waals surface area contributed by atoms with Crippen molar-refractivity contribution in [2.24, 2.45) is 5.73 Å². The molecule has 9 heteroatoms. The number of benzene rings is 3. The zero-order valence-corrected chi connectivity index (χ0v) is 23.4. The molecule has 0 unspecified atom stereocenters. The summed E-state index contributed by atoms with van der Waals surface area (Å²) < 4.78 is 17.4. The molecule has 0 spiro atoms. The first-order valence-corrected chi connectivity index (χ1v) is 13.6. The zero-order valence-electron chi connectivity index (χ0n) is 21.6. The van der Waals surface area contributed by atoms with Gasteiger partial charge in [-0.3, -0.25) is 0 Å². The molecule has 0 aliphatic carbocycles. The fraction of sp³-hybridized carbons (Fsp3) is 0.333. The van der Waals surface area contributed by atoms with Crippen molar-refractivity contribution < 1.29 is 28.7 Å². The van der Waals surface area contributed by atoms with Crippen molar-refractivity contribution in [3.8, 4) is 22.3 Å². The molecule has 0 saturated carbocycles. The predicted molar refractivity (Wildman–Crippen MR) is 147 cm³/mol. The maximum absolute atomic E-state index is 8.70. The van der Waals surface area contributed by atoms with E-state index < -0.39 is 16.5 Å². The SMILES string of the molecule is CC(C)(C)c1ccc(-c2ccc(-c3ccccc3)cc2)c(C(C)(C)C)c1CN.O=[P+](O)O.O=[P+](O)O. The van der Waals surface area contributed by atoms with Gasteiger partial charge in [0.05, 0.1) is 0 Å². The first-order chi connectivity index (χ1) is 16.6. The van der Waals surface area contributed by atoms with Crippen LogP contribution in [0.2, 0.25) is 0 Å². The summed E-state index contributed by atoms with van der Waals surface area (Å²) in [6.07, 6.45) is 0. The highest BCUT2D eigenvalue weighted by Crippen LogP contribution is 2.40. The Bertz CT molecular complexity index is 1130. The maximum atomic E-state index is 8.70. The molecule has 0 saturated heterocycles. The zero-order chi connectivity index (χ0) is 27.7. The predicted octanol–water partition coefficient (Wildman–Crippen LogP) is 6.33. The van der Waals surface area contributed by atoms with E-state index in [0.29, 0.717) is 6.54 Å². The van der Waals surface area contributed by atoms with Gasteiger partial charge in [0.25, 0.3) is 0 Å². The standard InChI is InChI=1S/C27H33N.2HO3P/c1-26(2,3)24-17-16-22(25(23(24)18-28)27(4,5)6)21-14-12-20(13-15-21)19-10-8-7-9-11-19;2*1-4(2)3/h7-17H,18,28H2,1-6H3;2*(H-,1,2,3)/p+2. The molecule has 0 fully saturated rings. The number of hydrogen-bond acceptors (Lipinski definition) is 3. The first kappa shape index (κ1) is 31.7. The molecule has 3 aromatic carbocycles. The highest BCUT2D eigenvalue weighted by molar-refractivity contribution is 7.31. The van der Waals surface area contributed by atoms with Crippen molar-refractivity contribution in [3.63, 3.8) is 0 Å². The van der Waals surface area contributed by atoms with E-state index in [1.807, 2.05) is 0 Å². The summed E-state index contributed by atoms with van der Waals surface area (Å²) in [4.78, 5) is 28.5. The van der Waals surface area contributed by atoms with Crippen molar-refractivity contribution in [2.45, 2.75) is 58.9 Å². The molecular weight excluding hydrogens is 496 g/mol. The van der Waals surface area contributed by atoms with Gasteiger partial charge < -0.3 is 5.73 Å². The van der Waals surface area contributed by atoms with Gasteiger partial charge in [-0.25, -0.2) is 0 Å². The van der Waals surface area contributed by atoms with Gasteiger partial charge in [-0.05, 0) is 49.8 Å². The molecule has 0 radical (unpaired) electrons. The molecule has 0 aliphatic heterocycles. The van der Waals surface area contributed by atoms with Crippen molar-refractivity contribution >= 4 is 16.5 Å². The lowest BCUT2D eigenvalue weighted by atomic mass is 9.73. The summed E-state index contributed by atoms with van der Waals surface area (Å²) in [5, 5.41) is 0. The van der Waals surface area contributed by atoms with Crippen LogP contribution in [0.25, 0.3) is 22.3 Å². The molecule has 0 amide bonds. The minimum absolute atomic E-state index is 0.0173. The Morgan fingerprint density at radius 1 is 0.639 bits per heavy atom. The average Bonchev–Trinajstić information content (AvgIpc) is 2.77. The molecule has 0 heterocycles. The van der Waals surface area contributed by atoms with E-state index in [-0.39, 0.29) is 10.8 Å². The highest BCUT2D eigenvalue weighted by Gasteiger charge is 2.27. The summed E-state index contributed by atoms with van der Waals surface area (Å²) in [7, 11) is -5.74. The molecule has 7 nitrogen and oxygen atoms in total. The third kappa shape index (κ3) is 9.96. The van der Waals surface area contributed by atoms with Gasteiger partial charge in [-0.1, -0.05) is 108 Å². The minimum atomic E-state index is -2.87. The maximum Gasteiger partial charge on any atom is 0.692 e. The summed E-state index contributed by atoms with van der Waals surface area (Å²) in [5.74, 6) is 0. The van der Waals surface area contributed by atoms with Gasteiger partial charge in [0, 0.05) is 15.7 Å². The van der Waals surface area contributed by atoms with Crippen LogP contribution in [0.3, 0.4) is 0 Å². The topological polar surface area (TPSA) is 141 Å². The number of rotatable bonds is 3. The Labute approximate surface area is 215 Å². The van der Waals surface area contributed by atoms with Gasteiger partial charge in [0.1, 0.15) is 0 Å². The van der Waals surface area contributed by atoms with E-state index in [9.17, 15) is 0 Å². The Balaban J connectivity index is 0.000000709. The Hall–Kier alpha value is -2.34. The molecule has 194 valence electrons. The van der Waals surface area contributed by atoms with Gasteiger partial charge in [-0.2, -0.15) is 0 Å². The van der Waals surface area contributed by atoms with Crippen LogP contribution in [-0.4, -0.2) is 19.6 Å². The van der Waals surface area contributed by atoms with Gasteiger partial charge in [0.15, 0.2) is 0 Å². The third-order valence-electron chi connectivity index (χ3n) is 5.38. The van der Waals surface area contributed by atoms with E-state index in [1.54, 1.807) is 0 Å². The van der Waals surface area contributed by atoms with Crippen LogP contribution in [0, 0.1) is 0 Å². The summed E-state index contributed by atoms with van der Waals surface area (Å²) in [5.41, 5.74) is 15.4. The molecule has 6 N–H and O–H groups in total. The van der Waals surface area contributed by atoms with Gasteiger partial charge >= 0.3 is 16.5 Å². The van der Waals surface area contributed by atoms with Crippen LogP contribution in [0.5, 0.6) is 0 Å². The van der Waals surface area contributed by atoms with Crippen molar-refractivity contribution in [1.82, 2.24) is 0 Å². The highest BCUT2D eigenvalue weighted by atomic mass is 31.1. The van der Waals surface area contributed by atoms with Gasteiger partial charge in [-0.15, -0.1) is 19.6 Å². The Kier molecular flexibility index (Phi) is 12.2. The molecule has 0 aromatic heterocycles. The van der Waals surface area contributed by atoms with Crippen LogP contribution in [0.15, 0.2) is 66.7 Å². The monoisotopic (exact) mass is 533 g/mol. The summed E-state index contributed by atoms with van der Waals surface area (Å²) >= 11 is 0. The molecular formula is C27H37NO6P2+2.